The molecule has 0 bridgehead atoms. The van der Waals surface area contributed by atoms with E-state index in [1.807, 2.05) is 42.5 Å². The molecular weight excluding hydrogens is 308 g/mol. The fourth-order valence-corrected chi connectivity index (χ4v) is 3.04. The van der Waals surface area contributed by atoms with Gasteiger partial charge in [0.25, 0.3) is 0 Å². The van der Waals surface area contributed by atoms with Gasteiger partial charge >= 0.3 is 11.9 Å². The average Bonchev–Trinajstić information content (AvgIpc) is 2.97. The van der Waals surface area contributed by atoms with E-state index in [9.17, 15) is 9.59 Å². The first-order valence-corrected chi connectivity index (χ1v) is 7.96. The number of carbonyl (C=O) groups is 2. The van der Waals surface area contributed by atoms with Crippen molar-refractivity contribution in [2.24, 2.45) is 17.3 Å². The van der Waals surface area contributed by atoms with Crippen molar-refractivity contribution in [3.8, 4) is 0 Å². The molecule has 0 radical (unpaired) electrons. The fraction of sp³-hybridized carbons (Fsp3) is 0.474. The summed E-state index contributed by atoms with van der Waals surface area (Å²) >= 11 is 0. The summed E-state index contributed by atoms with van der Waals surface area (Å²) in [7, 11) is 2.55. The highest BCUT2D eigenvalue weighted by Gasteiger charge is 2.42. The Hall–Kier alpha value is -2.14. The molecule has 2 rings (SSSR count). The Labute approximate surface area is 142 Å². The van der Waals surface area contributed by atoms with Crippen LogP contribution in [0.4, 0.5) is 0 Å². The van der Waals surface area contributed by atoms with Crippen molar-refractivity contribution in [3.05, 3.63) is 48.0 Å². The van der Waals surface area contributed by atoms with Crippen LogP contribution in [0.3, 0.4) is 0 Å². The minimum absolute atomic E-state index is 0.222. The third-order valence-electron chi connectivity index (χ3n) is 4.33. The fourth-order valence-electron chi connectivity index (χ4n) is 3.04. The van der Waals surface area contributed by atoms with Gasteiger partial charge in [-0.1, -0.05) is 49.4 Å². The molecule has 0 heterocycles. The number of carbonyl (C=O) groups excluding carboxylic acids is 2. The largest absolute Gasteiger partial charge is 0.468 e. The van der Waals surface area contributed by atoms with Gasteiger partial charge in [-0.15, -0.1) is 0 Å². The molecule has 24 heavy (non-hydrogen) atoms. The molecule has 0 aromatic heterocycles. The van der Waals surface area contributed by atoms with Crippen LogP contribution in [0.1, 0.15) is 18.9 Å². The van der Waals surface area contributed by atoms with Crippen molar-refractivity contribution < 1.29 is 23.8 Å². The molecule has 1 aromatic rings. The molecule has 0 saturated carbocycles. The Morgan fingerprint density at radius 1 is 1.17 bits per heavy atom. The van der Waals surface area contributed by atoms with Crippen LogP contribution in [0.5, 0.6) is 0 Å². The van der Waals surface area contributed by atoms with Crippen LogP contribution < -0.4 is 0 Å². The molecule has 1 aromatic carbocycles. The van der Waals surface area contributed by atoms with Crippen molar-refractivity contribution in [3.63, 3.8) is 0 Å². The molecule has 0 aliphatic heterocycles. The predicted octanol–water partition coefficient (Wildman–Crippen LogP) is 2.75. The highest BCUT2D eigenvalue weighted by molar-refractivity contribution is 5.95. The lowest BCUT2D eigenvalue weighted by Crippen LogP contribution is -2.33. The van der Waals surface area contributed by atoms with E-state index in [4.69, 9.17) is 14.2 Å². The molecule has 0 saturated heterocycles. The van der Waals surface area contributed by atoms with Crippen LogP contribution in [-0.4, -0.2) is 32.8 Å². The van der Waals surface area contributed by atoms with E-state index in [1.54, 1.807) is 0 Å². The molecule has 130 valence electrons. The Morgan fingerprint density at radius 3 is 2.38 bits per heavy atom. The molecule has 0 fully saturated rings. The maximum absolute atomic E-state index is 11.9. The summed E-state index contributed by atoms with van der Waals surface area (Å²) in [4.78, 5) is 23.8. The topological polar surface area (TPSA) is 61.8 Å². The number of ether oxygens (including phenoxy) is 3. The van der Waals surface area contributed by atoms with Crippen LogP contribution >= 0.6 is 0 Å². The van der Waals surface area contributed by atoms with Gasteiger partial charge in [0.2, 0.25) is 0 Å². The standard InChI is InChI=1S/C19H24O5/c1-19(13-24-12-14-7-5-4-6-8-14)10-9-15(11-19)16(17(20)22-2)18(21)23-3/h4-10,15-16H,11-13H2,1-3H3/t15-,19-/m1/s1. The second-order valence-electron chi connectivity index (χ2n) is 6.38. The zero-order chi connectivity index (χ0) is 17.6. The quantitative estimate of drug-likeness (QED) is 0.436. The number of rotatable bonds is 7. The summed E-state index contributed by atoms with van der Waals surface area (Å²) in [6.45, 7) is 3.11. The minimum atomic E-state index is -0.924. The van der Waals surface area contributed by atoms with Gasteiger partial charge < -0.3 is 14.2 Å². The third kappa shape index (κ3) is 4.45. The van der Waals surface area contributed by atoms with E-state index in [-0.39, 0.29) is 11.3 Å². The first-order valence-electron chi connectivity index (χ1n) is 7.96. The van der Waals surface area contributed by atoms with Gasteiger partial charge in [0.1, 0.15) is 0 Å². The zero-order valence-electron chi connectivity index (χ0n) is 14.4. The molecule has 5 heteroatoms. The van der Waals surface area contributed by atoms with Crippen molar-refractivity contribution in [1.82, 2.24) is 0 Å². The number of benzene rings is 1. The van der Waals surface area contributed by atoms with Gasteiger partial charge in [0.15, 0.2) is 5.92 Å². The molecule has 0 spiro atoms. The Morgan fingerprint density at radius 2 is 1.79 bits per heavy atom. The van der Waals surface area contributed by atoms with E-state index in [2.05, 4.69) is 6.92 Å². The monoisotopic (exact) mass is 332 g/mol. The number of hydrogen-bond acceptors (Lipinski definition) is 5. The smallest absolute Gasteiger partial charge is 0.320 e. The first kappa shape index (κ1) is 18.2. The van der Waals surface area contributed by atoms with Gasteiger partial charge in [-0.25, -0.2) is 0 Å². The van der Waals surface area contributed by atoms with Crippen molar-refractivity contribution in [2.45, 2.75) is 20.0 Å². The van der Waals surface area contributed by atoms with Gasteiger partial charge in [-0.2, -0.15) is 0 Å². The lowest BCUT2D eigenvalue weighted by atomic mass is 9.83. The van der Waals surface area contributed by atoms with Gasteiger partial charge in [0.05, 0.1) is 27.4 Å². The number of allylic oxidation sites excluding steroid dienone is 1. The van der Waals surface area contributed by atoms with E-state index in [1.165, 1.54) is 14.2 Å². The zero-order valence-corrected chi connectivity index (χ0v) is 14.4. The maximum atomic E-state index is 11.9. The van der Waals surface area contributed by atoms with Gasteiger partial charge in [-0.3, -0.25) is 9.59 Å². The van der Waals surface area contributed by atoms with E-state index < -0.39 is 17.9 Å². The minimum Gasteiger partial charge on any atom is -0.468 e. The van der Waals surface area contributed by atoms with Gasteiger partial charge in [-0.05, 0) is 12.0 Å². The Balaban J connectivity index is 1.93. The van der Waals surface area contributed by atoms with E-state index in [0.717, 1.165) is 5.56 Å². The number of esters is 2. The summed E-state index contributed by atoms with van der Waals surface area (Å²) in [6.07, 6.45) is 4.54. The Kier molecular flexibility index (Phi) is 6.15. The second kappa shape index (κ2) is 8.11. The van der Waals surface area contributed by atoms with E-state index in [0.29, 0.717) is 19.6 Å². The molecule has 1 aliphatic rings. The highest BCUT2D eigenvalue weighted by atomic mass is 16.5. The van der Waals surface area contributed by atoms with Crippen LogP contribution in [0.15, 0.2) is 42.5 Å². The van der Waals surface area contributed by atoms with Crippen LogP contribution in [0.25, 0.3) is 0 Å². The molecule has 2 atom stereocenters. The Bertz CT molecular complexity index is 579. The molecule has 0 N–H and O–H groups in total. The third-order valence-corrected chi connectivity index (χ3v) is 4.33. The summed E-state index contributed by atoms with van der Waals surface area (Å²) in [5.41, 5.74) is 0.890. The van der Waals surface area contributed by atoms with Crippen molar-refractivity contribution >= 4 is 11.9 Å². The average molecular weight is 332 g/mol. The summed E-state index contributed by atoms with van der Waals surface area (Å²) in [5.74, 6) is -2.29. The summed E-state index contributed by atoms with van der Waals surface area (Å²) < 4.78 is 15.3. The normalized spacial score (nSPS) is 22.6. The molecular formula is C19H24O5. The van der Waals surface area contributed by atoms with Crippen molar-refractivity contribution in [1.29, 1.82) is 0 Å². The molecule has 0 unspecified atom stereocenters. The molecule has 1 aliphatic carbocycles. The summed E-state index contributed by atoms with van der Waals surface area (Å²) in [5, 5.41) is 0. The molecule has 5 nitrogen and oxygen atoms in total. The SMILES string of the molecule is COC(=O)C(C(=O)OC)[C@@H]1C=C[C@@](C)(COCc2ccccc2)C1. The summed E-state index contributed by atoms with van der Waals surface area (Å²) in [6, 6.07) is 9.95. The van der Waals surface area contributed by atoms with Gasteiger partial charge in [0, 0.05) is 11.3 Å². The number of hydrogen-bond donors (Lipinski definition) is 0. The van der Waals surface area contributed by atoms with Crippen LogP contribution in [0, 0.1) is 17.3 Å². The first-order chi connectivity index (χ1) is 11.5. The van der Waals surface area contributed by atoms with Crippen LogP contribution in [-0.2, 0) is 30.4 Å². The van der Waals surface area contributed by atoms with Crippen LogP contribution in [0.2, 0.25) is 0 Å². The van der Waals surface area contributed by atoms with Crippen molar-refractivity contribution in [2.75, 3.05) is 20.8 Å². The van der Waals surface area contributed by atoms with E-state index >= 15 is 0 Å². The highest BCUT2D eigenvalue weighted by Crippen LogP contribution is 2.39. The lowest BCUT2D eigenvalue weighted by molar-refractivity contribution is -0.161. The predicted molar refractivity (Wildman–Crippen MR) is 89.0 cm³/mol. The lowest BCUT2D eigenvalue weighted by Gasteiger charge is -2.25. The second-order valence-corrected chi connectivity index (χ2v) is 6.38. The molecule has 0 amide bonds. The maximum Gasteiger partial charge on any atom is 0.320 e. The number of methoxy groups -OCH3 is 2.